The van der Waals surface area contributed by atoms with Gasteiger partial charge in [-0.05, 0) is 41.6 Å². The lowest BCUT2D eigenvalue weighted by atomic mass is 9.80. The Morgan fingerprint density at radius 1 is 1.50 bits per heavy atom. The van der Waals surface area contributed by atoms with Gasteiger partial charge >= 0.3 is 0 Å². The molecule has 1 heterocycles. The molecule has 2 rings (SSSR count). The molecule has 1 aromatic rings. The highest BCUT2D eigenvalue weighted by Crippen LogP contribution is 2.34. The van der Waals surface area contributed by atoms with Gasteiger partial charge in [0.05, 0.1) is 21.5 Å². The zero-order valence-corrected chi connectivity index (χ0v) is 13.0. The Balaban J connectivity index is 1.92. The van der Waals surface area contributed by atoms with Crippen molar-refractivity contribution in [1.82, 2.24) is 15.1 Å². The first kappa shape index (κ1) is 14.0. The fourth-order valence-electron chi connectivity index (χ4n) is 2.44. The summed E-state index contributed by atoms with van der Waals surface area (Å²) in [5.74, 6) is 0. The molecule has 102 valence electrons. The summed E-state index contributed by atoms with van der Waals surface area (Å²) in [6.07, 6.45) is 4.58. The molecular weight excluding hydrogens is 294 g/mol. The van der Waals surface area contributed by atoms with E-state index < -0.39 is 0 Å². The number of rotatable bonds is 6. The maximum absolute atomic E-state index is 5.60. The SMILES string of the molecule is CCc1nn(C)c(CNCC2(OC)CCC2)c1Br. The smallest absolute Gasteiger partial charge is 0.0802 e. The van der Waals surface area contributed by atoms with Gasteiger partial charge in [-0.1, -0.05) is 6.92 Å². The summed E-state index contributed by atoms with van der Waals surface area (Å²) in [6, 6.07) is 0. The number of hydrogen-bond donors (Lipinski definition) is 1. The molecule has 4 nitrogen and oxygen atoms in total. The Kier molecular flexibility index (Phi) is 4.45. The topological polar surface area (TPSA) is 39.1 Å². The minimum absolute atomic E-state index is 0.0820. The van der Waals surface area contributed by atoms with Crippen LogP contribution in [0.1, 0.15) is 37.6 Å². The fraction of sp³-hybridized carbons (Fsp3) is 0.769. The van der Waals surface area contributed by atoms with E-state index in [9.17, 15) is 0 Å². The van der Waals surface area contributed by atoms with Crippen LogP contribution in [0, 0.1) is 0 Å². The van der Waals surface area contributed by atoms with Gasteiger partial charge < -0.3 is 10.1 Å². The third-order valence-corrected chi connectivity index (χ3v) is 4.86. The number of nitrogens with zero attached hydrogens (tertiary/aromatic N) is 2. The van der Waals surface area contributed by atoms with Crippen LogP contribution in [0.25, 0.3) is 0 Å². The van der Waals surface area contributed by atoms with Crippen molar-refractivity contribution in [2.24, 2.45) is 7.05 Å². The number of hydrogen-bond acceptors (Lipinski definition) is 3. The van der Waals surface area contributed by atoms with Gasteiger partial charge in [-0.15, -0.1) is 0 Å². The molecule has 0 aromatic carbocycles. The van der Waals surface area contributed by atoms with Crippen molar-refractivity contribution in [1.29, 1.82) is 0 Å². The lowest BCUT2D eigenvalue weighted by Crippen LogP contribution is -2.47. The van der Waals surface area contributed by atoms with Crippen molar-refractivity contribution in [3.05, 3.63) is 15.9 Å². The third kappa shape index (κ3) is 2.63. The summed E-state index contributed by atoms with van der Waals surface area (Å²) in [5, 5.41) is 8.00. The summed E-state index contributed by atoms with van der Waals surface area (Å²) in [6.45, 7) is 3.87. The molecule has 18 heavy (non-hydrogen) atoms. The van der Waals surface area contributed by atoms with Gasteiger partial charge in [-0.2, -0.15) is 5.10 Å². The Bertz CT molecular complexity index is 407. The van der Waals surface area contributed by atoms with Gasteiger partial charge in [0.15, 0.2) is 0 Å². The molecule has 0 spiro atoms. The Labute approximate surface area is 117 Å². The van der Waals surface area contributed by atoms with E-state index in [0.717, 1.165) is 29.7 Å². The summed E-state index contributed by atoms with van der Waals surface area (Å²) in [4.78, 5) is 0. The first-order valence-electron chi connectivity index (χ1n) is 6.58. The molecule has 0 amide bonds. The van der Waals surface area contributed by atoms with E-state index in [-0.39, 0.29) is 5.60 Å². The Hall–Kier alpha value is -0.390. The second kappa shape index (κ2) is 5.72. The van der Waals surface area contributed by atoms with Crippen LogP contribution in [-0.2, 0) is 24.8 Å². The average Bonchev–Trinajstić information content (AvgIpc) is 2.59. The number of aryl methyl sites for hydroxylation is 2. The van der Waals surface area contributed by atoms with Crippen LogP contribution in [0.4, 0.5) is 0 Å². The van der Waals surface area contributed by atoms with Crippen molar-refractivity contribution in [2.45, 2.75) is 44.8 Å². The van der Waals surface area contributed by atoms with E-state index in [1.807, 2.05) is 18.8 Å². The fourth-order valence-corrected chi connectivity index (χ4v) is 3.20. The monoisotopic (exact) mass is 315 g/mol. The van der Waals surface area contributed by atoms with Crippen LogP contribution in [-0.4, -0.2) is 29.0 Å². The summed E-state index contributed by atoms with van der Waals surface area (Å²) in [5.41, 5.74) is 2.41. The lowest BCUT2D eigenvalue weighted by molar-refractivity contribution is -0.0696. The zero-order chi connectivity index (χ0) is 13.2. The molecule has 0 atom stereocenters. The van der Waals surface area contributed by atoms with Gasteiger partial charge in [0.25, 0.3) is 0 Å². The highest BCUT2D eigenvalue weighted by molar-refractivity contribution is 9.10. The minimum atomic E-state index is 0.0820. The van der Waals surface area contributed by atoms with E-state index >= 15 is 0 Å². The van der Waals surface area contributed by atoms with Crippen LogP contribution in [0.3, 0.4) is 0 Å². The normalized spacial score (nSPS) is 17.8. The first-order valence-corrected chi connectivity index (χ1v) is 7.37. The third-order valence-electron chi connectivity index (χ3n) is 3.94. The number of ether oxygens (including phenoxy) is 1. The maximum atomic E-state index is 5.60. The molecule has 0 unspecified atom stereocenters. The Morgan fingerprint density at radius 3 is 2.67 bits per heavy atom. The van der Waals surface area contributed by atoms with Gasteiger partial charge in [-0.3, -0.25) is 4.68 Å². The molecule has 1 N–H and O–H groups in total. The average molecular weight is 316 g/mol. The molecule has 0 aliphatic heterocycles. The van der Waals surface area contributed by atoms with Crippen LogP contribution in [0.15, 0.2) is 4.47 Å². The second-order valence-electron chi connectivity index (χ2n) is 5.03. The second-order valence-corrected chi connectivity index (χ2v) is 5.82. The van der Waals surface area contributed by atoms with Gasteiger partial charge in [0, 0.05) is 27.2 Å². The number of methoxy groups -OCH3 is 1. The van der Waals surface area contributed by atoms with Gasteiger partial charge in [0.1, 0.15) is 0 Å². The van der Waals surface area contributed by atoms with Crippen LogP contribution in [0.2, 0.25) is 0 Å². The summed E-state index contributed by atoms with van der Waals surface area (Å²) < 4.78 is 8.70. The molecule has 1 aromatic heterocycles. The zero-order valence-electron chi connectivity index (χ0n) is 11.4. The van der Waals surface area contributed by atoms with Crippen molar-refractivity contribution < 1.29 is 4.74 Å². The van der Waals surface area contributed by atoms with Gasteiger partial charge in [-0.25, -0.2) is 0 Å². The highest BCUT2D eigenvalue weighted by atomic mass is 79.9. The number of aromatic nitrogens is 2. The maximum Gasteiger partial charge on any atom is 0.0802 e. The molecule has 5 heteroatoms. The van der Waals surface area contributed by atoms with Crippen LogP contribution >= 0.6 is 15.9 Å². The minimum Gasteiger partial charge on any atom is -0.377 e. The quantitative estimate of drug-likeness (QED) is 0.876. The molecule has 1 saturated carbocycles. The predicted molar refractivity (Wildman–Crippen MR) is 75.6 cm³/mol. The largest absolute Gasteiger partial charge is 0.377 e. The number of nitrogens with one attached hydrogen (secondary N) is 1. The first-order chi connectivity index (χ1) is 8.62. The van der Waals surface area contributed by atoms with Crippen molar-refractivity contribution in [3.8, 4) is 0 Å². The van der Waals surface area contributed by atoms with E-state index in [4.69, 9.17) is 4.74 Å². The molecule has 0 saturated heterocycles. The molecule has 0 bridgehead atoms. The van der Waals surface area contributed by atoms with Crippen molar-refractivity contribution in [3.63, 3.8) is 0 Å². The molecule has 1 fully saturated rings. The Morgan fingerprint density at radius 2 is 2.22 bits per heavy atom. The molecular formula is C13H22BrN3O. The van der Waals surface area contributed by atoms with E-state index in [0.29, 0.717) is 0 Å². The van der Waals surface area contributed by atoms with E-state index in [1.165, 1.54) is 25.0 Å². The van der Waals surface area contributed by atoms with Crippen LogP contribution in [0.5, 0.6) is 0 Å². The summed E-state index contributed by atoms with van der Waals surface area (Å²) in [7, 11) is 3.81. The van der Waals surface area contributed by atoms with E-state index in [2.05, 4.69) is 33.3 Å². The predicted octanol–water partition coefficient (Wildman–Crippen LogP) is 2.40. The van der Waals surface area contributed by atoms with Crippen molar-refractivity contribution >= 4 is 15.9 Å². The number of halogens is 1. The lowest BCUT2D eigenvalue weighted by Gasteiger charge is -2.40. The highest BCUT2D eigenvalue weighted by Gasteiger charge is 2.36. The van der Waals surface area contributed by atoms with Gasteiger partial charge in [0.2, 0.25) is 0 Å². The van der Waals surface area contributed by atoms with Crippen LogP contribution < -0.4 is 5.32 Å². The van der Waals surface area contributed by atoms with Crippen molar-refractivity contribution in [2.75, 3.05) is 13.7 Å². The molecule has 1 aliphatic carbocycles. The summed E-state index contributed by atoms with van der Waals surface area (Å²) >= 11 is 3.64. The molecule has 1 aliphatic rings. The standard InChI is InChI=1S/C13H22BrN3O/c1-4-10-12(14)11(17(2)16-10)8-15-9-13(18-3)6-5-7-13/h15H,4-9H2,1-3H3. The van der Waals surface area contributed by atoms with E-state index in [1.54, 1.807) is 0 Å². The molecule has 0 radical (unpaired) electrons.